The number of hydrogen-bond acceptors (Lipinski definition) is 1. The van der Waals surface area contributed by atoms with Gasteiger partial charge in [0.15, 0.2) is 0 Å². The van der Waals surface area contributed by atoms with Gasteiger partial charge < -0.3 is 5.32 Å². The Morgan fingerprint density at radius 3 is 2.54 bits per heavy atom. The molecule has 0 bridgehead atoms. The Labute approximate surface area is 86.2 Å². The van der Waals surface area contributed by atoms with Crippen LogP contribution in [0.4, 0.5) is 0 Å². The van der Waals surface area contributed by atoms with E-state index in [4.69, 9.17) is 11.6 Å². The maximum atomic E-state index is 6.15. The van der Waals surface area contributed by atoms with E-state index in [9.17, 15) is 0 Å². The summed E-state index contributed by atoms with van der Waals surface area (Å²) in [4.78, 5) is 0. The van der Waals surface area contributed by atoms with E-state index in [1.165, 1.54) is 25.8 Å². The zero-order valence-electron chi connectivity index (χ0n) is 8.65. The van der Waals surface area contributed by atoms with Crippen molar-refractivity contribution in [2.75, 3.05) is 6.54 Å². The molecule has 0 aromatic carbocycles. The molecule has 76 valence electrons. The first-order valence-electron chi connectivity index (χ1n) is 5.48. The highest BCUT2D eigenvalue weighted by atomic mass is 35.5. The number of alkyl halides is 1. The second-order valence-corrected chi connectivity index (χ2v) is 5.79. The molecule has 0 heterocycles. The van der Waals surface area contributed by atoms with Gasteiger partial charge >= 0.3 is 0 Å². The van der Waals surface area contributed by atoms with Crippen LogP contribution in [0.3, 0.4) is 0 Å². The molecule has 2 rings (SSSR count). The van der Waals surface area contributed by atoms with E-state index < -0.39 is 0 Å². The number of nitrogens with one attached hydrogen (secondary N) is 1. The Hall–Kier alpha value is 0.250. The molecule has 1 N–H and O–H groups in total. The van der Waals surface area contributed by atoms with Crippen molar-refractivity contribution in [1.82, 2.24) is 5.32 Å². The summed E-state index contributed by atoms with van der Waals surface area (Å²) in [6.07, 6.45) is 5.46. The summed E-state index contributed by atoms with van der Waals surface area (Å²) in [5.74, 6) is 1.04. The zero-order valence-corrected chi connectivity index (χ0v) is 9.40. The van der Waals surface area contributed by atoms with Gasteiger partial charge in [0.1, 0.15) is 0 Å². The van der Waals surface area contributed by atoms with Gasteiger partial charge in [-0.05, 0) is 30.7 Å². The van der Waals surface area contributed by atoms with E-state index in [2.05, 4.69) is 19.2 Å². The van der Waals surface area contributed by atoms with Crippen molar-refractivity contribution in [3.05, 3.63) is 0 Å². The Morgan fingerprint density at radius 2 is 2.08 bits per heavy atom. The molecule has 0 spiro atoms. The molecule has 0 amide bonds. The average molecular weight is 202 g/mol. The molecule has 2 atom stereocenters. The highest BCUT2D eigenvalue weighted by Gasteiger charge is 2.46. The molecule has 0 aromatic heterocycles. The monoisotopic (exact) mass is 201 g/mol. The standard InChI is InChI=1S/C11H20ClN/c1-11(2)9(12)7-10(11)13-6-5-8-3-4-8/h8-10,13H,3-7H2,1-2H3. The van der Waals surface area contributed by atoms with Crippen LogP contribution in [0.5, 0.6) is 0 Å². The van der Waals surface area contributed by atoms with Gasteiger partial charge in [0.05, 0.1) is 0 Å². The van der Waals surface area contributed by atoms with Gasteiger partial charge in [-0.2, -0.15) is 0 Å². The van der Waals surface area contributed by atoms with Crippen LogP contribution in [-0.4, -0.2) is 18.0 Å². The highest BCUT2D eigenvalue weighted by Crippen LogP contribution is 2.44. The van der Waals surface area contributed by atoms with Crippen LogP contribution in [0.2, 0.25) is 0 Å². The van der Waals surface area contributed by atoms with Crippen molar-refractivity contribution < 1.29 is 0 Å². The predicted molar refractivity (Wildman–Crippen MR) is 57.2 cm³/mol. The third-order valence-corrected chi connectivity index (χ3v) is 4.53. The van der Waals surface area contributed by atoms with Crippen molar-refractivity contribution in [2.45, 2.75) is 50.9 Å². The minimum atomic E-state index is 0.311. The largest absolute Gasteiger partial charge is 0.313 e. The van der Waals surface area contributed by atoms with Crippen LogP contribution in [0, 0.1) is 11.3 Å². The van der Waals surface area contributed by atoms with E-state index in [-0.39, 0.29) is 0 Å². The molecule has 2 fully saturated rings. The topological polar surface area (TPSA) is 12.0 Å². The number of halogens is 1. The summed E-state index contributed by atoms with van der Waals surface area (Å²) < 4.78 is 0. The quantitative estimate of drug-likeness (QED) is 0.690. The second kappa shape index (κ2) is 3.43. The van der Waals surface area contributed by atoms with Gasteiger partial charge in [-0.15, -0.1) is 11.6 Å². The highest BCUT2D eigenvalue weighted by molar-refractivity contribution is 6.21. The van der Waals surface area contributed by atoms with Gasteiger partial charge in [0.2, 0.25) is 0 Å². The van der Waals surface area contributed by atoms with Crippen LogP contribution >= 0.6 is 11.6 Å². The van der Waals surface area contributed by atoms with E-state index in [0.29, 0.717) is 16.8 Å². The van der Waals surface area contributed by atoms with Crippen molar-refractivity contribution in [3.63, 3.8) is 0 Å². The summed E-state index contributed by atoms with van der Waals surface area (Å²) in [7, 11) is 0. The molecule has 13 heavy (non-hydrogen) atoms. The molecule has 2 heteroatoms. The fourth-order valence-corrected chi connectivity index (χ4v) is 2.42. The number of hydrogen-bond donors (Lipinski definition) is 1. The fraction of sp³-hybridized carbons (Fsp3) is 1.00. The van der Waals surface area contributed by atoms with Crippen LogP contribution in [0.25, 0.3) is 0 Å². The van der Waals surface area contributed by atoms with E-state index in [1.54, 1.807) is 0 Å². The maximum Gasteiger partial charge on any atom is 0.0416 e. The fourth-order valence-electron chi connectivity index (χ4n) is 2.09. The van der Waals surface area contributed by atoms with E-state index in [1.807, 2.05) is 0 Å². The third kappa shape index (κ3) is 2.02. The second-order valence-electron chi connectivity index (χ2n) is 5.26. The lowest BCUT2D eigenvalue weighted by Crippen LogP contribution is -2.57. The van der Waals surface area contributed by atoms with Gasteiger partial charge in [-0.25, -0.2) is 0 Å². The van der Waals surface area contributed by atoms with Crippen molar-refractivity contribution in [2.24, 2.45) is 11.3 Å². The van der Waals surface area contributed by atoms with Gasteiger partial charge in [0, 0.05) is 11.4 Å². The molecule has 2 aliphatic carbocycles. The van der Waals surface area contributed by atoms with Crippen molar-refractivity contribution in [1.29, 1.82) is 0 Å². The van der Waals surface area contributed by atoms with Crippen LogP contribution in [0.1, 0.15) is 39.5 Å². The first kappa shape index (κ1) is 9.79. The first-order chi connectivity index (χ1) is 6.10. The smallest absolute Gasteiger partial charge is 0.0416 e. The minimum Gasteiger partial charge on any atom is -0.313 e. The summed E-state index contributed by atoms with van der Waals surface area (Å²) in [6.45, 7) is 5.73. The van der Waals surface area contributed by atoms with Crippen LogP contribution < -0.4 is 5.32 Å². The van der Waals surface area contributed by atoms with Crippen LogP contribution in [-0.2, 0) is 0 Å². The molecule has 0 saturated heterocycles. The van der Waals surface area contributed by atoms with Gasteiger partial charge in [0.25, 0.3) is 0 Å². The van der Waals surface area contributed by atoms with Crippen molar-refractivity contribution in [3.8, 4) is 0 Å². The van der Waals surface area contributed by atoms with Crippen LogP contribution in [0.15, 0.2) is 0 Å². The average Bonchev–Trinajstić information content (AvgIpc) is 2.87. The summed E-state index contributed by atoms with van der Waals surface area (Å²) in [6, 6.07) is 0.661. The van der Waals surface area contributed by atoms with Crippen molar-refractivity contribution >= 4 is 11.6 Å². The molecule has 2 unspecified atom stereocenters. The minimum absolute atomic E-state index is 0.311. The van der Waals surface area contributed by atoms with Gasteiger partial charge in [-0.1, -0.05) is 26.7 Å². The normalized spacial score (nSPS) is 37.2. The predicted octanol–water partition coefficient (Wildman–Crippen LogP) is 2.78. The van der Waals surface area contributed by atoms with E-state index >= 15 is 0 Å². The zero-order chi connectivity index (χ0) is 9.47. The summed E-state index contributed by atoms with van der Waals surface area (Å²) >= 11 is 6.15. The molecule has 1 nitrogen and oxygen atoms in total. The molecule has 2 saturated carbocycles. The Balaban J connectivity index is 1.64. The Morgan fingerprint density at radius 1 is 1.38 bits per heavy atom. The lowest BCUT2D eigenvalue weighted by atomic mass is 9.67. The Kier molecular flexibility index (Phi) is 2.59. The summed E-state index contributed by atoms with van der Waals surface area (Å²) in [5, 5.41) is 4.01. The van der Waals surface area contributed by atoms with Gasteiger partial charge in [-0.3, -0.25) is 0 Å². The SMILES string of the molecule is CC1(C)C(Cl)CC1NCCC1CC1. The lowest BCUT2D eigenvalue weighted by Gasteiger charge is -2.49. The maximum absolute atomic E-state index is 6.15. The molecule has 2 aliphatic rings. The Bertz CT molecular complexity index is 187. The molecule has 0 radical (unpaired) electrons. The van der Waals surface area contributed by atoms with E-state index in [0.717, 1.165) is 12.3 Å². The molecule has 0 aliphatic heterocycles. The number of rotatable bonds is 4. The lowest BCUT2D eigenvalue weighted by molar-refractivity contribution is 0.116. The molecular formula is C11H20ClN. The third-order valence-electron chi connectivity index (χ3n) is 3.79. The molecular weight excluding hydrogens is 182 g/mol. The summed E-state index contributed by atoms with van der Waals surface area (Å²) in [5.41, 5.74) is 0.311. The molecule has 0 aromatic rings. The first-order valence-corrected chi connectivity index (χ1v) is 5.92.